The van der Waals surface area contributed by atoms with Crippen LogP contribution in [0.5, 0.6) is 0 Å². The number of rotatable bonds is 7. The summed E-state index contributed by atoms with van der Waals surface area (Å²) in [6.07, 6.45) is 2.37. The first-order valence-corrected chi connectivity index (χ1v) is 6.56. The summed E-state index contributed by atoms with van der Waals surface area (Å²) in [6, 6.07) is 8.75. The lowest BCUT2D eigenvalue weighted by molar-refractivity contribution is 0.269. The normalized spacial score (nSPS) is 13.0. The van der Waals surface area contributed by atoms with Gasteiger partial charge in [0.2, 0.25) is 0 Å². The zero-order valence-electron chi connectivity index (χ0n) is 11.4. The van der Waals surface area contributed by atoms with Gasteiger partial charge in [0, 0.05) is 13.1 Å². The molecule has 2 N–H and O–H groups in total. The lowest BCUT2D eigenvalue weighted by atomic mass is 10.0. The Morgan fingerprint density at radius 1 is 1.35 bits per heavy atom. The highest BCUT2D eigenvalue weighted by Crippen LogP contribution is 2.10. The fraction of sp³-hybridized carbons (Fsp3) is 0.600. The predicted molar refractivity (Wildman–Crippen MR) is 75.0 cm³/mol. The van der Waals surface area contributed by atoms with E-state index in [4.69, 9.17) is 5.73 Å². The molecule has 2 nitrogen and oxygen atoms in total. The van der Waals surface area contributed by atoms with Crippen LogP contribution in [0.15, 0.2) is 24.3 Å². The topological polar surface area (TPSA) is 29.3 Å². The minimum Gasteiger partial charge on any atom is -0.330 e. The van der Waals surface area contributed by atoms with Gasteiger partial charge in [0.1, 0.15) is 0 Å². The van der Waals surface area contributed by atoms with E-state index in [1.807, 2.05) is 0 Å². The molecule has 96 valence electrons. The van der Waals surface area contributed by atoms with Gasteiger partial charge >= 0.3 is 0 Å². The Hall–Kier alpha value is -0.860. The summed E-state index contributed by atoms with van der Waals surface area (Å²) < 4.78 is 0. The first-order valence-electron chi connectivity index (χ1n) is 6.56. The van der Waals surface area contributed by atoms with Gasteiger partial charge in [-0.2, -0.15) is 0 Å². The molecule has 2 heteroatoms. The van der Waals surface area contributed by atoms with Gasteiger partial charge in [-0.05, 0) is 44.8 Å². The molecule has 1 atom stereocenters. The molecule has 0 aliphatic heterocycles. The summed E-state index contributed by atoms with van der Waals surface area (Å²) in [5.74, 6) is 0.730. The second-order valence-electron chi connectivity index (χ2n) is 5.22. The van der Waals surface area contributed by atoms with Gasteiger partial charge in [-0.15, -0.1) is 0 Å². The molecular formula is C15H26N2. The molecule has 0 heterocycles. The third-order valence-electron chi connectivity index (χ3n) is 3.06. The minimum absolute atomic E-state index is 0.730. The number of benzene rings is 1. The number of hydrogen-bond donors (Lipinski definition) is 1. The summed E-state index contributed by atoms with van der Waals surface area (Å²) in [6.45, 7) is 7.45. The monoisotopic (exact) mass is 234 g/mol. The Labute approximate surface area is 106 Å². The zero-order valence-corrected chi connectivity index (χ0v) is 11.4. The predicted octanol–water partition coefficient (Wildman–Crippen LogP) is 2.80. The van der Waals surface area contributed by atoms with Crippen molar-refractivity contribution in [2.75, 3.05) is 20.1 Å². The molecule has 0 spiro atoms. The van der Waals surface area contributed by atoms with Crippen LogP contribution in [0.25, 0.3) is 0 Å². The molecule has 1 unspecified atom stereocenters. The Morgan fingerprint density at radius 3 is 2.76 bits per heavy atom. The highest BCUT2D eigenvalue weighted by atomic mass is 15.1. The maximum absolute atomic E-state index is 5.53. The number of hydrogen-bond acceptors (Lipinski definition) is 2. The van der Waals surface area contributed by atoms with Crippen LogP contribution in [0.4, 0.5) is 0 Å². The van der Waals surface area contributed by atoms with Crippen LogP contribution in [0.3, 0.4) is 0 Å². The molecule has 0 aliphatic rings. The van der Waals surface area contributed by atoms with Crippen LogP contribution < -0.4 is 5.73 Å². The Bertz CT molecular complexity index is 322. The first-order chi connectivity index (χ1) is 8.11. The van der Waals surface area contributed by atoms with E-state index in [0.717, 1.165) is 32.0 Å². The van der Waals surface area contributed by atoms with Crippen LogP contribution >= 0.6 is 0 Å². The van der Waals surface area contributed by atoms with Crippen molar-refractivity contribution in [2.45, 2.75) is 33.2 Å². The number of aryl methyl sites for hydroxylation is 1. The van der Waals surface area contributed by atoms with Gasteiger partial charge in [0.05, 0.1) is 0 Å². The van der Waals surface area contributed by atoms with Crippen LogP contribution in [0.1, 0.15) is 30.9 Å². The maximum atomic E-state index is 5.53. The van der Waals surface area contributed by atoms with Gasteiger partial charge in [-0.3, -0.25) is 0 Å². The van der Waals surface area contributed by atoms with Crippen molar-refractivity contribution < 1.29 is 0 Å². The average Bonchev–Trinajstić information content (AvgIpc) is 2.26. The van der Waals surface area contributed by atoms with Crippen molar-refractivity contribution in [3.8, 4) is 0 Å². The van der Waals surface area contributed by atoms with E-state index >= 15 is 0 Å². The van der Waals surface area contributed by atoms with Gasteiger partial charge in [-0.25, -0.2) is 0 Å². The fourth-order valence-corrected chi connectivity index (χ4v) is 2.28. The third-order valence-corrected chi connectivity index (χ3v) is 3.06. The zero-order chi connectivity index (χ0) is 12.7. The molecule has 0 aliphatic carbocycles. The lowest BCUT2D eigenvalue weighted by Crippen LogP contribution is -2.24. The molecule has 0 aromatic heterocycles. The van der Waals surface area contributed by atoms with Gasteiger partial charge < -0.3 is 10.6 Å². The fourth-order valence-electron chi connectivity index (χ4n) is 2.28. The Morgan fingerprint density at radius 2 is 2.12 bits per heavy atom. The van der Waals surface area contributed by atoms with E-state index in [9.17, 15) is 0 Å². The molecule has 0 saturated heterocycles. The second-order valence-corrected chi connectivity index (χ2v) is 5.22. The smallest absolute Gasteiger partial charge is 0.0230 e. The molecule has 1 aromatic carbocycles. The highest BCUT2D eigenvalue weighted by Gasteiger charge is 2.06. The maximum Gasteiger partial charge on any atom is 0.0230 e. The molecule has 0 bridgehead atoms. The van der Waals surface area contributed by atoms with Crippen molar-refractivity contribution in [3.05, 3.63) is 35.4 Å². The van der Waals surface area contributed by atoms with E-state index < -0.39 is 0 Å². The van der Waals surface area contributed by atoms with Crippen molar-refractivity contribution in [3.63, 3.8) is 0 Å². The average molecular weight is 234 g/mol. The summed E-state index contributed by atoms with van der Waals surface area (Å²) in [5, 5.41) is 0. The van der Waals surface area contributed by atoms with Crippen molar-refractivity contribution >= 4 is 0 Å². The van der Waals surface area contributed by atoms with Crippen LogP contribution in [0.2, 0.25) is 0 Å². The van der Waals surface area contributed by atoms with Crippen molar-refractivity contribution in [2.24, 2.45) is 11.7 Å². The van der Waals surface area contributed by atoms with Crippen LogP contribution in [0, 0.1) is 12.8 Å². The Kier molecular flexibility index (Phi) is 6.23. The standard InChI is InChI=1S/C15H26N2/c1-13-6-4-8-15(10-13)12-17(3)11-14(2)7-5-9-16/h4,6,8,10,14H,5,7,9,11-12,16H2,1-3H3. The third kappa shape index (κ3) is 5.85. The molecule has 0 amide bonds. The molecule has 0 fully saturated rings. The highest BCUT2D eigenvalue weighted by molar-refractivity contribution is 5.21. The van der Waals surface area contributed by atoms with Gasteiger partial charge in [-0.1, -0.05) is 36.8 Å². The summed E-state index contributed by atoms with van der Waals surface area (Å²) >= 11 is 0. The Balaban J connectivity index is 2.36. The van der Waals surface area contributed by atoms with Crippen molar-refractivity contribution in [1.82, 2.24) is 4.90 Å². The van der Waals surface area contributed by atoms with E-state index in [1.54, 1.807) is 0 Å². The largest absolute Gasteiger partial charge is 0.330 e. The second kappa shape index (κ2) is 7.46. The van der Waals surface area contributed by atoms with E-state index in [1.165, 1.54) is 17.5 Å². The van der Waals surface area contributed by atoms with Gasteiger partial charge in [0.25, 0.3) is 0 Å². The molecule has 1 rings (SSSR count). The van der Waals surface area contributed by atoms with E-state index in [0.29, 0.717) is 0 Å². The van der Waals surface area contributed by atoms with E-state index in [2.05, 4.69) is 50.1 Å². The molecule has 1 aromatic rings. The molecule has 0 saturated carbocycles. The van der Waals surface area contributed by atoms with Crippen molar-refractivity contribution in [1.29, 1.82) is 0 Å². The molecular weight excluding hydrogens is 208 g/mol. The quantitative estimate of drug-likeness (QED) is 0.786. The SMILES string of the molecule is Cc1cccc(CN(C)CC(C)CCCN)c1. The van der Waals surface area contributed by atoms with Crippen LogP contribution in [-0.4, -0.2) is 25.0 Å². The summed E-state index contributed by atoms with van der Waals surface area (Å²) in [4.78, 5) is 2.40. The number of nitrogens with two attached hydrogens (primary N) is 1. The van der Waals surface area contributed by atoms with Gasteiger partial charge in [0.15, 0.2) is 0 Å². The summed E-state index contributed by atoms with van der Waals surface area (Å²) in [7, 11) is 2.20. The first kappa shape index (κ1) is 14.2. The molecule has 17 heavy (non-hydrogen) atoms. The minimum atomic E-state index is 0.730. The lowest BCUT2D eigenvalue weighted by Gasteiger charge is -2.21. The van der Waals surface area contributed by atoms with E-state index in [-0.39, 0.29) is 0 Å². The molecule has 0 radical (unpaired) electrons. The number of nitrogens with zero attached hydrogens (tertiary/aromatic N) is 1. The summed E-state index contributed by atoms with van der Waals surface area (Å²) in [5.41, 5.74) is 8.28. The van der Waals surface area contributed by atoms with Crippen LogP contribution in [-0.2, 0) is 6.54 Å².